The van der Waals surface area contributed by atoms with E-state index in [0.717, 1.165) is 0 Å². The SMILES string of the molecule is N[C@H](C(=O)O)C(SCC(=O)Nc1ccc([As]=O)cc1)C(=O)O. The van der Waals surface area contributed by atoms with Gasteiger partial charge in [-0.05, 0) is 0 Å². The molecule has 22 heavy (non-hydrogen) atoms. The zero-order chi connectivity index (χ0) is 16.7. The Hall–Kier alpha value is -1.70. The number of rotatable bonds is 8. The Balaban J connectivity index is 2.57. The molecular formula is C12H13AsN2O6S. The monoisotopic (exact) mass is 388 g/mol. The summed E-state index contributed by atoms with van der Waals surface area (Å²) < 4.78 is 11.4. The molecule has 1 unspecified atom stereocenters. The molecule has 1 rings (SSSR count). The Bertz CT molecular complexity index is 579. The number of carbonyl (C=O) groups is 3. The van der Waals surface area contributed by atoms with E-state index in [1.165, 1.54) is 0 Å². The molecule has 5 N–H and O–H groups in total. The normalized spacial score (nSPS) is 13.3. The molecule has 0 aliphatic rings. The topological polar surface area (TPSA) is 147 Å². The summed E-state index contributed by atoms with van der Waals surface area (Å²) in [6.07, 6.45) is 0. The Morgan fingerprint density at radius 1 is 1.18 bits per heavy atom. The van der Waals surface area contributed by atoms with Crippen molar-refractivity contribution in [1.82, 2.24) is 0 Å². The first kappa shape index (κ1) is 18.3. The Kier molecular flexibility index (Phi) is 7.23. The molecule has 0 saturated carbocycles. The summed E-state index contributed by atoms with van der Waals surface area (Å²) in [6.45, 7) is 0. The third kappa shape index (κ3) is 5.59. The average Bonchev–Trinajstić information content (AvgIpc) is 2.47. The standard InChI is InChI=1S/C12H13AsN2O6S/c14-9(11(17)18)10(12(19)20)22-5-8(16)15-7-3-1-6(13-21)2-4-7/h1-4,9-10H,5,14H2,(H,15,16)(H,17,18)(H,19,20)/t9-,10?/m0/s1. The van der Waals surface area contributed by atoms with Gasteiger partial charge in [-0.2, -0.15) is 0 Å². The van der Waals surface area contributed by atoms with Crippen LogP contribution in [0.1, 0.15) is 0 Å². The third-order valence-corrected chi connectivity index (χ3v) is 4.86. The molecule has 1 aromatic rings. The van der Waals surface area contributed by atoms with Crippen molar-refractivity contribution < 1.29 is 28.3 Å². The van der Waals surface area contributed by atoms with Crippen molar-refractivity contribution in [3.05, 3.63) is 24.3 Å². The van der Waals surface area contributed by atoms with Crippen LogP contribution in [-0.2, 0) is 18.1 Å². The van der Waals surface area contributed by atoms with Crippen molar-refractivity contribution in [1.29, 1.82) is 0 Å². The van der Waals surface area contributed by atoms with Crippen LogP contribution in [0.25, 0.3) is 0 Å². The van der Waals surface area contributed by atoms with E-state index in [2.05, 4.69) is 5.32 Å². The van der Waals surface area contributed by atoms with Gasteiger partial charge in [0.25, 0.3) is 0 Å². The van der Waals surface area contributed by atoms with Gasteiger partial charge in [0.15, 0.2) is 0 Å². The number of carboxylic acids is 2. The fraction of sp³-hybridized carbons (Fsp3) is 0.250. The van der Waals surface area contributed by atoms with E-state index in [0.29, 0.717) is 21.8 Å². The second-order valence-corrected chi connectivity index (χ2v) is 6.72. The van der Waals surface area contributed by atoms with Crippen LogP contribution in [0.4, 0.5) is 5.69 Å². The van der Waals surface area contributed by atoms with Crippen LogP contribution in [0.3, 0.4) is 0 Å². The summed E-state index contributed by atoms with van der Waals surface area (Å²) in [4.78, 5) is 33.4. The molecule has 1 aromatic carbocycles. The van der Waals surface area contributed by atoms with Gasteiger partial charge in [0, 0.05) is 0 Å². The quantitative estimate of drug-likeness (QED) is 0.411. The first-order chi connectivity index (χ1) is 10.3. The zero-order valence-corrected chi connectivity index (χ0v) is 13.8. The molecule has 0 aliphatic carbocycles. The predicted molar refractivity (Wildman–Crippen MR) is 80.6 cm³/mol. The number of carbonyl (C=O) groups excluding carboxylic acids is 1. The van der Waals surface area contributed by atoms with Crippen LogP contribution in [-0.4, -0.2) is 60.8 Å². The van der Waals surface area contributed by atoms with Crippen LogP contribution in [0.5, 0.6) is 0 Å². The molecule has 0 aliphatic heterocycles. The number of anilines is 1. The Morgan fingerprint density at radius 2 is 1.77 bits per heavy atom. The molecule has 0 bridgehead atoms. The summed E-state index contributed by atoms with van der Waals surface area (Å²) in [7, 11) is 0. The molecule has 10 heteroatoms. The predicted octanol–water partition coefficient (Wildman–Crippen LogP) is -1.10. The number of carboxylic acid groups (broad SMARTS) is 2. The number of aliphatic carboxylic acids is 2. The summed E-state index contributed by atoms with van der Waals surface area (Å²) in [5.74, 6) is -3.59. The van der Waals surface area contributed by atoms with Crippen LogP contribution >= 0.6 is 11.8 Å². The van der Waals surface area contributed by atoms with Crippen molar-refractivity contribution in [2.45, 2.75) is 11.3 Å². The van der Waals surface area contributed by atoms with Gasteiger partial charge in [0.2, 0.25) is 0 Å². The number of nitrogens with two attached hydrogens (primary N) is 1. The van der Waals surface area contributed by atoms with Crippen LogP contribution in [0.15, 0.2) is 24.3 Å². The summed E-state index contributed by atoms with van der Waals surface area (Å²) in [5.41, 5.74) is 5.74. The van der Waals surface area contributed by atoms with Gasteiger partial charge >= 0.3 is 136 Å². The number of hydrogen-bond acceptors (Lipinski definition) is 6. The number of benzene rings is 1. The molecule has 0 saturated heterocycles. The number of hydrogen-bond donors (Lipinski definition) is 4. The fourth-order valence-electron chi connectivity index (χ4n) is 1.43. The van der Waals surface area contributed by atoms with Crippen LogP contribution in [0, 0.1) is 0 Å². The van der Waals surface area contributed by atoms with Gasteiger partial charge < -0.3 is 0 Å². The van der Waals surface area contributed by atoms with Crippen molar-refractivity contribution in [2.24, 2.45) is 5.73 Å². The number of thioether (sulfide) groups is 1. The van der Waals surface area contributed by atoms with Gasteiger partial charge in [0.05, 0.1) is 0 Å². The Labute approximate surface area is 136 Å². The Morgan fingerprint density at radius 3 is 2.23 bits per heavy atom. The number of amides is 1. The molecule has 0 radical (unpaired) electrons. The summed E-state index contributed by atoms with van der Waals surface area (Å²) in [5, 5.41) is 18.8. The van der Waals surface area contributed by atoms with Crippen molar-refractivity contribution >= 4 is 55.3 Å². The van der Waals surface area contributed by atoms with E-state index in [-0.39, 0.29) is 5.75 Å². The third-order valence-electron chi connectivity index (χ3n) is 2.51. The van der Waals surface area contributed by atoms with E-state index < -0.39 is 44.8 Å². The van der Waals surface area contributed by atoms with E-state index in [9.17, 15) is 18.1 Å². The minimum atomic E-state index is -1.60. The summed E-state index contributed by atoms with van der Waals surface area (Å²) in [6, 6.07) is 4.76. The van der Waals surface area contributed by atoms with Crippen molar-refractivity contribution in [3.63, 3.8) is 0 Å². The minimum absolute atomic E-state index is 0.257. The molecule has 0 aromatic heterocycles. The van der Waals surface area contributed by atoms with Gasteiger partial charge in [-0.1, -0.05) is 0 Å². The van der Waals surface area contributed by atoms with Crippen LogP contribution in [0.2, 0.25) is 0 Å². The van der Waals surface area contributed by atoms with Gasteiger partial charge in [-0.25, -0.2) is 0 Å². The molecule has 0 fully saturated rings. The number of nitrogens with one attached hydrogen (secondary N) is 1. The van der Waals surface area contributed by atoms with Gasteiger partial charge in [-0.15, -0.1) is 0 Å². The van der Waals surface area contributed by atoms with Gasteiger partial charge in [-0.3, -0.25) is 0 Å². The zero-order valence-electron chi connectivity index (χ0n) is 11.1. The molecular weight excluding hydrogens is 375 g/mol. The fourth-order valence-corrected chi connectivity index (χ4v) is 2.86. The molecule has 118 valence electrons. The van der Waals surface area contributed by atoms with E-state index in [1.54, 1.807) is 24.3 Å². The molecule has 0 heterocycles. The van der Waals surface area contributed by atoms with Crippen molar-refractivity contribution in [2.75, 3.05) is 11.1 Å². The maximum atomic E-state index is 11.7. The van der Waals surface area contributed by atoms with Crippen LogP contribution < -0.4 is 15.4 Å². The van der Waals surface area contributed by atoms with Crippen molar-refractivity contribution in [3.8, 4) is 0 Å². The maximum absolute atomic E-state index is 11.7. The second kappa shape index (κ2) is 8.67. The first-order valence-electron chi connectivity index (χ1n) is 5.91. The first-order valence-corrected chi connectivity index (χ1v) is 8.66. The average molecular weight is 388 g/mol. The second-order valence-electron chi connectivity index (χ2n) is 4.12. The molecule has 2 atom stereocenters. The van der Waals surface area contributed by atoms with E-state index in [4.69, 9.17) is 15.9 Å². The van der Waals surface area contributed by atoms with E-state index in [1.807, 2.05) is 0 Å². The molecule has 1 amide bonds. The van der Waals surface area contributed by atoms with E-state index >= 15 is 0 Å². The molecule has 8 nitrogen and oxygen atoms in total. The summed E-state index contributed by atoms with van der Waals surface area (Å²) >= 11 is -0.492. The molecule has 0 spiro atoms. The van der Waals surface area contributed by atoms with Gasteiger partial charge in [0.1, 0.15) is 0 Å².